The number of pyridine rings is 1. The van der Waals surface area contributed by atoms with Crippen LogP contribution in [-0.4, -0.2) is 58.0 Å². The van der Waals surface area contributed by atoms with Crippen LogP contribution >= 0.6 is 0 Å². The molecule has 158 valence electrons. The minimum Gasteiger partial charge on any atom is -0.385 e. The van der Waals surface area contributed by atoms with Crippen LogP contribution in [0.15, 0.2) is 18.3 Å². The van der Waals surface area contributed by atoms with Crippen molar-refractivity contribution in [1.82, 2.24) is 19.7 Å². The molecule has 7 nitrogen and oxygen atoms in total. The maximum Gasteiger partial charge on any atom is 0.252 e. The molecule has 1 amide bonds. The molecule has 1 saturated carbocycles. The fourth-order valence-electron chi connectivity index (χ4n) is 4.27. The third-order valence-electron chi connectivity index (χ3n) is 5.97. The number of aryl methyl sites for hydroxylation is 1. The average Bonchev–Trinajstić information content (AvgIpc) is 3.52. The van der Waals surface area contributed by atoms with E-state index in [-0.39, 0.29) is 18.1 Å². The maximum absolute atomic E-state index is 13.3. The number of aromatic nitrogens is 3. The predicted octanol–water partition coefficient (Wildman–Crippen LogP) is 3.48. The summed E-state index contributed by atoms with van der Waals surface area (Å²) in [5.41, 5.74) is 2.82. The highest BCUT2D eigenvalue weighted by Crippen LogP contribution is 2.37. The summed E-state index contributed by atoms with van der Waals surface area (Å²) < 4.78 is 13.0. The largest absolute Gasteiger partial charge is 0.385 e. The average molecular weight is 401 g/mol. The van der Waals surface area contributed by atoms with Crippen molar-refractivity contribution in [3.63, 3.8) is 0 Å². The number of rotatable bonds is 9. The van der Waals surface area contributed by atoms with Gasteiger partial charge in [-0.2, -0.15) is 5.10 Å². The zero-order chi connectivity index (χ0) is 20.2. The first kappa shape index (κ1) is 20.3. The van der Waals surface area contributed by atoms with Crippen molar-refractivity contribution in [1.29, 1.82) is 0 Å². The van der Waals surface area contributed by atoms with E-state index in [9.17, 15) is 4.79 Å². The Labute approximate surface area is 172 Å². The van der Waals surface area contributed by atoms with Crippen LogP contribution in [0, 0.1) is 0 Å². The van der Waals surface area contributed by atoms with E-state index in [1.54, 1.807) is 7.11 Å². The zero-order valence-electron chi connectivity index (χ0n) is 17.5. The van der Waals surface area contributed by atoms with E-state index < -0.39 is 0 Å². The Hall–Kier alpha value is -1.99. The standard InChI is InChI=1S/C22H32N4O3/c1-16(26(17-10-11-17)22(27)19-9-3-5-15-29-19)20-21-18(8-7-12-23-21)25(24-20)13-4-6-14-28-2/h7-8,12,16-17,19H,3-6,9-11,13-15H2,1-2H3/t16-,19-/m1/s1. The monoisotopic (exact) mass is 400 g/mol. The van der Waals surface area contributed by atoms with Crippen LogP contribution < -0.4 is 0 Å². The van der Waals surface area contributed by atoms with E-state index in [0.717, 1.165) is 74.8 Å². The second-order valence-electron chi connectivity index (χ2n) is 8.19. The van der Waals surface area contributed by atoms with E-state index in [0.29, 0.717) is 12.6 Å². The molecule has 4 rings (SSSR count). The first-order chi connectivity index (χ1) is 14.2. The molecule has 0 unspecified atom stereocenters. The number of hydrogen-bond acceptors (Lipinski definition) is 5. The van der Waals surface area contributed by atoms with Gasteiger partial charge in [0.2, 0.25) is 0 Å². The third kappa shape index (κ3) is 4.46. The molecule has 2 aromatic heterocycles. The van der Waals surface area contributed by atoms with Crippen molar-refractivity contribution >= 4 is 16.9 Å². The van der Waals surface area contributed by atoms with Gasteiger partial charge in [0.1, 0.15) is 17.3 Å². The Bertz CT molecular complexity index is 827. The minimum atomic E-state index is -0.304. The summed E-state index contributed by atoms with van der Waals surface area (Å²) in [6.45, 7) is 4.35. The fraction of sp³-hybridized carbons (Fsp3) is 0.682. The Morgan fingerprint density at radius 2 is 2.21 bits per heavy atom. The Balaban J connectivity index is 1.59. The molecule has 0 bridgehead atoms. The van der Waals surface area contributed by atoms with Crippen molar-refractivity contribution in [2.24, 2.45) is 0 Å². The van der Waals surface area contributed by atoms with Gasteiger partial charge in [0.15, 0.2) is 0 Å². The molecule has 1 aliphatic carbocycles. The van der Waals surface area contributed by atoms with Gasteiger partial charge in [-0.15, -0.1) is 0 Å². The first-order valence-electron chi connectivity index (χ1n) is 10.9. The highest BCUT2D eigenvalue weighted by Gasteiger charge is 2.41. The Morgan fingerprint density at radius 1 is 1.34 bits per heavy atom. The lowest BCUT2D eigenvalue weighted by atomic mass is 10.1. The summed E-state index contributed by atoms with van der Waals surface area (Å²) in [5, 5.41) is 4.92. The molecule has 1 saturated heterocycles. The molecule has 0 N–H and O–H groups in total. The van der Waals surface area contributed by atoms with Gasteiger partial charge < -0.3 is 14.4 Å². The van der Waals surface area contributed by atoms with Crippen molar-refractivity contribution in [3.05, 3.63) is 24.0 Å². The maximum atomic E-state index is 13.3. The molecular weight excluding hydrogens is 368 g/mol. The zero-order valence-corrected chi connectivity index (χ0v) is 17.5. The summed E-state index contributed by atoms with van der Waals surface area (Å²) in [6, 6.07) is 4.20. The van der Waals surface area contributed by atoms with E-state index in [2.05, 4.69) is 18.0 Å². The van der Waals surface area contributed by atoms with E-state index in [1.807, 2.05) is 21.8 Å². The van der Waals surface area contributed by atoms with Gasteiger partial charge in [0.05, 0.1) is 11.6 Å². The number of unbranched alkanes of at least 4 members (excludes halogenated alkanes) is 1. The van der Waals surface area contributed by atoms with Gasteiger partial charge in [-0.05, 0) is 64.0 Å². The molecule has 2 aliphatic rings. The first-order valence-corrected chi connectivity index (χ1v) is 10.9. The number of nitrogens with zero attached hydrogens (tertiary/aromatic N) is 4. The van der Waals surface area contributed by atoms with Gasteiger partial charge in [-0.1, -0.05) is 0 Å². The quantitative estimate of drug-likeness (QED) is 0.603. The van der Waals surface area contributed by atoms with Crippen LogP contribution in [0.4, 0.5) is 0 Å². The number of carbonyl (C=O) groups excluding carboxylic acids is 1. The number of methoxy groups -OCH3 is 1. The highest BCUT2D eigenvalue weighted by atomic mass is 16.5. The van der Waals surface area contributed by atoms with Gasteiger partial charge in [-0.25, -0.2) is 0 Å². The molecule has 2 fully saturated rings. The molecule has 0 aromatic carbocycles. The fourth-order valence-corrected chi connectivity index (χ4v) is 4.27. The Kier molecular flexibility index (Phi) is 6.45. The Morgan fingerprint density at radius 3 is 2.93 bits per heavy atom. The molecule has 1 aliphatic heterocycles. The van der Waals surface area contributed by atoms with Gasteiger partial charge in [0, 0.05) is 39.1 Å². The molecule has 2 aromatic rings. The number of carbonyl (C=O) groups is 1. The number of amides is 1. The lowest BCUT2D eigenvalue weighted by molar-refractivity contribution is -0.149. The summed E-state index contributed by atoms with van der Waals surface area (Å²) in [6.07, 6.45) is 8.54. The molecule has 2 atom stereocenters. The third-order valence-corrected chi connectivity index (χ3v) is 5.97. The van der Waals surface area contributed by atoms with Crippen molar-refractivity contribution in [3.8, 4) is 0 Å². The van der Waals surface area contributed by atoms with Crippen molar-refractivity contribution in [2.45, 2.75) is 76.6 Å². The number of ether oxygens (including phenoxy) is 2. The van der Waals surface area contributed by atoms with Gasteiger partial charge in [-0.3, -0.25) is 14.5 Å². The van der Waals surface area contributed by atoms with Gasteiger partial charge >= 0.3 is 0 Å². The second-order valence-corrected chi connectivity index (χ2v) is 8.19. The van der Waals surface area contributed by atoms with Crippen LogP contribution in [0.5, 0.6) is 0 Å². The number of hydrogen-bond donors (Lipinski definition) is 0. The SMILES string of the molecule is COCCCCn1nc([C@@H](C)N(C(=O)[C@H]2CCCCO2)C2CC2)c2ncccc21. The molecular formula is C22H32N4O3. The van der Waals surface area contributed by atoms with Crippen LogP contribution in [0.2, 0.25) is 0 Å². The lowest BCUT2D eigenvalue weighted by Crippen LogP contribution is -2.44. The van der Waals surface area contributed by atoms with Crippen LogP contribution in [0.3, 0.4) is 0 Å². The molecule has 0 radical (unpaired) electrons. The summed E-state index contributed by atoms with van der Waals surface area (Å²) in [4.78, 5) is 20.0. The molecule has 3 heterocycles. The van der Waals surface area contributed by atoms with Crippen molar-refractivity contribution < 1.29 is 14.3 Å². The van der Waals surface area contributed by atoms with E-state index >= 15 is 0 Å². The molecule has 0 spiro atoms. The van der Waals surface area contributed by atoms with Crippen LogP contribution in [0.25, 0.3) is 11.0 Å². The van der Waals surface area contributed by atoms with Crippen molar-refractivity contribution in [2.75, 3.05) is 20.3 Å². The minimum absolute atomic E-state index is 0.113. The lowest BCUT2D eigenvalue weighted by Gasteiger charge is -2.33. The van der Waals surface area contributed by atoms with Crippen LogP contribution in [-0.2, 0) is 20.8 Å². The smallest absolute Gasteiger partial charge is 0.252 e. The predicted molar refractivity (Wildman–Crippen MR) is 111 cm³/mol. The summed E-state index contributed by atoms with van der Waals surface area (Å²) in [5.74, 6) is 0.124. The molecule has 7 heteroatoms. The van der Waals surface area contributed by atoms with Gasteiger partial charge in [0.25, 0.3) is 5.91 Å². The summed E-state index contributed by atoms with van der Waals surface area (Å²) >= 11 is 0. The van der Waals surface area contributed by atoms with E-state index in [4.69, 9.17) is 14.6 Å². The normalized spacial score (nSPS) is 20.7. The summed E-state index contributed by atoms with van der Waals surface area (Å²) in [7, 11) is 1.73. The topological polar surface area (TPSA) is 69.5 Å². The van der Waals surface area contributed by atoms with E-state index in [1.165, 1.54) is 0 Å². The molecule has 29 heavy (non-hydrogen) atoms. The van der Waals surface area contributed by atoms with Crippen LogP contribution in [0.1, 0.15) is 63.6 Å². The second kappa shape index (κ2) is 9.22. The number of fused-ring (bicyclic) bond motifs is 1. The highest BCUT2D eigenvalue weighted by molar-refractivity contribution is 5.83.